The quantitative estimate of drug-likeness (QED) is 0.624. The zero-order valence-corrected chi connectivity index (χ0v) is 14.9. The van der Waals surface area contributed by atoms with Gasteiger partial charge in [0, 0.05) is 12.3 Å². The molecular formula is C17H38N+. The summed E-state index contributed by atoms with van der Waals surface area (Å²) in [5.41, 5.74) is 1.11. The van der Waals surface area contributed by atoms with Crippen molar-refractivity contribution in [3.8, 4) is 0 Å². The Bertz CT molecular complexity index is 260. The summed E-state index contributed by atoms with van der Waals surface area (Å²) in [5.74, 6) is 0.728. The highest BCUT2D eigenvalue weighted by Crippen LogP contribution is 2.36. The van der Waals surface area contributed by atoms with Crippen molar-refractivity contribution in [2.24, 2.45) is 16.7 Å². The summed E-state index contributed by atoms with van der Waals surface area (Å²) in [6.45, 7) is 22.6. The van der Waals surface area contributed by atoms with E-state index in [0.717, 1.165) is 10.4 Å². The summed E-state index contributed by atoms with van der Waals surface area (Å²) in [6.07, 6.45) is 1.25. The summed E-state index contributed by atoms with van der Waals surface area (Å²) >= 11 is 0. The third-order valence-corrected chi connectivity index (χ3v) is 4.81. The second-order valence-corrected chi connectivity index (χ2v) is 9.68. The average Bonchev–Trinajstić information content (AvgIpc) is 1.95. The molecule has 0 rings (SSSR count). The molecule has 0 heterocycles. The molecule has 0 saturated heterocycles. The first kappa shape index (κ1) is 18.0. The van der Waals surface area contributed by atoms with Crippen LogP contribution in [0.1, 0.15) is 68.7 Å². The fourth-order valence-electron chi connectivity index (χ4n) is 2.72. The van der Waals surface area contributed by atoms with E-state index in [1.807, 2.05) is 0 Å². The average molecular weight is 256 g/mol. The Morgan fingerprint density at radius 1 is 0.833 bits per heavy atom. The number of rotatable bonds is 4. The van der Waals surface area contributed by atoms with Crippen molar-refractivity contribution in [2.45, 2.75) is 74.3 Å². The normalized spacial score (nSPS) is 16.8. The largest absolute Gasteiger partial charge is 0.324 e. The Kier molecular flexibility index (Phi) is 5.14. The molecule has 18 heavy (non-hydrogen) atoms. The third-order valence-electron chi connectivity index (χ3n) is 4.81. The molecule has 0 amide bonds. The number of hydrogen-bond acceptors (Lipinski definition) is 0. The first-order valence-corrected chi connectivity index (χ1v) is 7.42. The van der Waals surface area contributed by atoms with Gasteiger partial charge in [-0.25, -0.2) is 0 Å². The summed E-state index contributed by atoms with van der Waals surface area (Å²) < 4.78 is 1.10. The van der Waals surface area contributed by atoms with Crippen LogP contribution >= 0.6 is 0 Å². The standard InChI is InChI=1S/C17H38N/c1-14(16(5,6)7)12-18(10,11)17(8,9)13-15(2,3)4/h14H,12-13H2,1-11H3/q+1. The Labute approximate surface area is 117 Å². The molecule has 0 bridgehead atoms. The fourth-order valence-corrected chi connectivity index (χ4v) is 2.72. The van der Waals surface area contributed by atoms with Crippen LogP contribution in [0.2, 0.25) is 0 Å². The molecular weight excluding hydrogens is 218 g/mol. The molecule has 0 aromatic carbocycles. The predicted octanol–water partition coefficient (Wildman–Crippen LogP) is 4.96. The molecule has 1 unspecified atom stereocenters. The van der Waals surface area contributed by atoms with E-state index in [1.54, 1.807) is 0 Å². The van der Waals surface area contributed by atoms with E-state index in [-0.39, 0.29) is 0 Å². The van der Waals surface area contributed by atoms with Gasteiger partial charge in [0.15, 0.2) is 0 Å². The summed E-state index contributed by atoms with van der Waals surface area (Å²) in [5, 5.41) is 0. The maximum atomic E-state index is 2.42. The first-order valence-electron chi connectivity index (χ1n) is 7.42. The Morgan fingerprint density at radius 2 is 1.22 bits per heavy atom. The van der Waals surface area contributed by atoms with E-state index in [9.17, 15) is 0 Å². The van der Waals surface area contributed by atoms with Crippen molar-refractivity contribution in [1.82, 2.24) is 0 Å². The predicted molar refractivity (Wildman–Crippen MR) is 83.7 cm³/mol. The minimum Gasteiger partial charge on any atom is -0.324 e. The molecule has 0 aliphatic heterocycles. The minimum absolute atomic E-state index is 0.317. The second kappa shape index (κ2) is 5.15. The van der Waals surface area contributed by atoms with Crippen LogP contribution in [0.25, 0.3) is 0 Å². The lowest BCUT2D eigenvalue weighted by molar-refractivity contribution is -0.942. The fraction of sp³-hybridized carbons (Fsp3) is 1.00. The molecule has 1 nitrogen and oxygen atoms in total. The van der Waals surface area contributed by atoms with Crippen molar-refractivity contribution in [1.29, 1.82) is 0 Å². The lowest BCUT2D eigenvalue weighted by Crippen LogP contribution is -2.59. The first-order chi connectivity index (χ1) is 7.58. The summed E-state index contributed by atoms with van der Waals surface area (Å²) in [4.78, 5) is 0. The molecule has 0 radical (unpaired) electrons. The molecule has 0 aromatic rings. The van der Waals surface area contributed by atoms with Gasteiger partial charge < -0.3 is 4.48 Å². The van der Waals surface area contributed by atoms with E-state index in [2.05, 4.69) is 76.4 Å². The van der Waals surface area contributed by atoms with Crippen molar-refractivity contribution in [3.63, 3.8) is 0 Å². The van der Waals surface area contributed by atoms with Crippen molar-refractivity contribution in [3.05, 3.63) is 0 Å². The zero-order chi connectivity index (χ0) is 15.0. The van der Waals surface area contributed by atoms with Crippen molar-refractivity contribution < 1.29 is 4.48 Å². The van der Waals surface area contributed by atoms with Crippen LogP contribution in [0.3, 0.4) is 0 Å². The SMILES string of the molecule is CC(C[N+](C)(C)C(C)(C)CC(C)(C)C)C(C)(C)C. The van der Waals surface area contributed by atoms with Crippen LogP contribution in [-0.4, -0.2) is 30.7 Å². The summed E-state index contributed by atoms with van der Waals surface area (Å²) in [7, 11) is 4.79. The molecule has 110 valence electrons. The minimum atomic E-state index is 0.317. The van der Waals surface area contributed by atoms with E-state index < -0.39 is 0 Å². The van der Waals surface area contributed by atoms with Crippen LogP contribution in [-0.2, 0) is 0 Å². The summed E-state index contributed by atoms with van der Waals surface area (Å²) in [6, 6.07) is 0. The highest BCUT2D eigenvalue weighted by atomic mass is 15.4. The van der Waals surface area contributed by atoms with Crippen LogP contribution in [0.4, 0.5) is 0 Å². The lowest BCUT2D eigenvalue weighted by Gasteiger charge is -2.49. The number of quaternary nitrogens is 1. The highest BCUT2D eigenvalue weighted by Gasteiger charge is 2.41. The maximum Gasteiger partial charge on any atom is 0.0936 e. The zero-order valence-electron chi connectivity index (χ0n) is 14.9. The molecule has 0 aromatic heterocycles. The van der Waals surface area contributed by atoms with Gasteiger partial charge in [0.1, 0.15) is 0 Å². The lowest BCUT2D eigenvalue weighted by atomic mass is 9.77. The molecule has 0 N–H and O–H groups in total. The number of hydrogen-bond donors (Lipinski definition) is 0. The Balaban J connectivity index is 4.91. The topological polar surface area (TPSA) is 0 Å². The van der Waals surface area contributed by atoms with Gasteiger partial charge in [0.2, 0.25) is 0 Å². The molecule has 0 aliphatic carbocycles. The van der Waals surface area contributed by atoms with Crippen LogP contribution in [0.15, 0.2) is 0 Å². The molecule has 0 spiro atoms. The van der Waals surface area contributed by atoms with Crippen molar-refractivity contribution in [2.75, 3.05) is 20.6 Å². The second-order valence-electron chi connectivity index (χ2n) is 9.68. The van der Waals surface area contributed by atoms with Gasteiger partial charge in [-0.3, -0.25) is 0 Å². The molecule has 1 heteroatoms. The van der Waals surface area contributed by atoms with Gasteiger partial charge in [-0.15, -0.1) is 0 Å². The van der Waals surface area contributed by atoms with Gasteiger partial charge >= 0.3 is 0 Å². The monoisotopic (exact) mass is 256 g/mol. The van der Waals surface area contributed by atoms with Crippen LogP contribution in [0, 0.1) is 16.7 Å². The smallest absolute Gasteiger partial charge is 0.0936 e. The molecule has 1 atom stereocenters. The highest BCUT2D eigenvalue weighted by molar-refractivity contribution is 4.79. The van der Waals surface area contributed by atoms with Crippen LogP contribution < -0.4 is 0 Å². The molecule has 0 fully saturated rings. The maximum absolute atomic E-state index is 2.42. The van der Waals surface area contributed by atoms with Gasteiger partial charge in [0.05, 0.1) is 26.2 Å². The molecule has 0 aliphatic rings. The number of nitrogens with zero attached hydrogens (tertiary/aromatic N) is 1. The van der Waals surface area contributed by atoms with E-state index in [0.29, 0.717) is 16.4 Å². The van der Waals surface area contributed by atoms with Crippen molar-refractivity contribution >= 4 is 0 Å². The van der Waals surface area contributed by atoms with Gasteiger partial charge in [-0.1, -0.05) is 48.5 Å². The Morgan fingerprint density at radius 3 is 1.50 bits per heavy atom. The van der Waals surface area contributed by atoms with Gasteiger partial charge in [-0.2, -0.15) is 0 Å². The Hall–Kier alpha value is -0.0400. The molecule has 0 saturated carbocycles. The third kappa shape index (κ3) is 5.30. The van der Waals surface area contributed by atoms with Gasteiger partial charge in [0.25, 0.3) is 0 Å². The van der Waals surface area contributed by atoms with E-state index in [4.69, 9.17) is 0 Å². The van der Waals surface area contributed by atoms with E-state index in [1.165, 1.54) is 13.0 Å². The van der Waals surface area contributed by atoms with Gasteiger partial charge in [-0.05, 0) is 24.7 Å². The van der Waals surface area contributed by atoms with E-state index >= 15 is 0 Å². The van der Waals surface area contributed by atoms with Crippen LogP contribution in [0.5, 0.6) is 0 Å².